The summed E-state index contributed by atoms with van der Waals surface area (Å²) < 4.78 is 23.5. The average molecular weight is 476 g/mol. The van der Waals surface area contributed by atoms with Gasteiger partial charge in [0.05, 0.1) is 22.9 Å². The quantitative estimate of drug-likeness (QED) is 0.382. The minimum Gasteiger partial charge on any atom is -0.291 e. The minimum atomic E-state index is -0.560. The number of rotatable bonds is 4. The molecule has 0 amide bonds. The Morgan fingerprint density at radius 3 is 2.76 bits per heavy atom. The smallest absolute Gasteiger partial charge is 0.291 e. The normalized spacial score (nSPS) is 11.6. The van der Waals surface area contributed by atoms with Crippen LogP contribution in [0.15, 0.2) is 70.5 Å². The number of hydrogen-bond acceptors (Lipinski definition) is 6. The second-order valence-corrected chi connectivity index (χ2v) is 8.21. The largest absolute Gasteiger partial charge is 0.333 e. The molecule has 2 aromatic carbocycles. The highest BCUT2D eigenvalue weighted by Crippen LogP contribution is 2.28. The Labute approximate surface area is 195 Å². The molecule has 0 aliphatic carbocycles. The standard InChI is InChI=1S/C23H15ClFN7O2/c1-13-22(15-3-7-21-26-12-27-31(21)11-15)32(16-4-5-18(25)17(24)9-16)23(33)30(13)10-14-2-6-19-20(8-14)29-34-28-19/h2-9,11-12H,10H2,1H3. The number of imidazole rings is 1. The van der Waals surface area contributed by atoms with E-state index in [9.17, 15) is 9.18 Å². The Morgan fingerprint density at radius 2 is 1.91 bits per heavy atom. The Morgan fingerprint density at radius 1 is 1.06 bits per heavy atom. The van der Waals surface area contributed by atoms with Gasteiger partial charge in [0.15, 0.2) is 5.65 Å². The number of pyridine rings is 1. The first kappa shape index (κ1) is 20.3. The molecule has 0 spiro atoms. The monoisotopic (exact) mass is 475 g/mol. The van der Waals surface area contributed by atoms with Crippen molar-refractivity contribution in [3.05, 3.63) is 93.6 Å². The summed E-state index contributed by atoms with van der Waals surface area (Å²) in [6.45, 7) is 2.15. The van der Waals surface area contributed by atoms with Gasteiger partial charge in [-0.05, 0) is 65.3 Å². The van der Waals surface area contributed by atoms with E-state index in [1.807, 2.05) is 31.2 Å². The van der Waals surface area contributed by atoms with Gasteiger partial charge in [0, 0.05) is 17.5 Å². The number of halogens is 2. The van der Waals surface area contributed by atoms with Gasteiger partial charge < -0.3 is 0 Å². The first-order valence-electron chi connectivity index (χ1n) is 10.3. The summed E-state index contributed by atoms with van der Waals surface area (Å²) in [5, 5.41) is 11.8. The lowest BCUT2D eigenvalue weighted by Gasteiger charge is -2.10. The molecule has 4 heterocycles. The van der Waals surface area contributed by atoms with Gasteiger partial charge in [0.1, 0.15) is 23.2 Å². The lowest BCUT2D eigenvalue weighted by Crippen LogP contribution is -2.24. The zero-order valence-electron chi connectivity index (χ0n) is 17.7. The zero-order valence-corrected chi connectivity index (χ0v) is 18.4. The molecule has 4 aromatic heterocycles. The summed E-state index contributed by atoms with van der Waals surface area (Å²) in [4.78, 5) is 17.9. The van der Waals surface area contributed by atoms with E-state index < -0.39 is 5.82 Å². The van der Waals surface area contributed by atoms with E-state index >= 15 is 0 Å². The number of aromatic nitrogens is 7. The van der Waals surface area contributed by atoms with Crippen molar-refractivity contribution in [2.24, 2.45) is 0 Å². The van der Waals surface area contributed by atoms with Crippen molar-refractivity contribution in [1.29, 1.82) is 0 Å². The van der Waals surface area contributed by atoms with E-state index in [4.69, 9.17) is 16.2 Å². The highest BCUT2D eigenvalue weighted by atomic mass is 35.5. The summed E-state index contributed by atoms with van der Waals surface area (Å²) in [6.07, 6.45) is 3.25. The maximum absolute atomic E-state index is 13.9. The molecule has 9 nitrogen and oxygen atoms in total. The zero-order chi connectivity index (χ0) is 23.4. The van der Waals surface area contributed by atoms with E-state index in [2.05, 4.69) is 20.4 Å². The molecular weight excluding hydrogens is 461 g/mol. The molecule has 168 valence electrons. The van der Waals surface area contributed by atoms with Gasteiger partial charge in [-0.15, -0.1) is 0 Å². The van der Waals surface area contributed by atoms with Crippen molar-refractivity contribution >= 4 is 28.3 Å². The van der Waals surface area contributed by atoms with Crippen LogP contribution in [0.2, 0.25) is 5.02 Å². The molecule has 0 aliphatic rings. The van der Waals surface area contributed by atoms with Crippen LogP contribution in [-0.4, -0.2) is 34.0 Å². The SMILES string of the molecule is Cc1c(-c2ccc3ncnn3c2)n(-c2ccc(F)c(Cl)c2)c(=O)n1Cc1ccc2nonc2c1. The summed E-state index contributed by atoms with van der Waals surface area (Å²) in [6, 6.07) is 13.4. The Balaban J connectivity index is 1.57. The lowest BCUT2D eigenvalue weighted by molar-refractivity contribution is 0.315. The predicted molar refractivity (Wildman–Crippen MR) is 123 cm³/mol. The first-order chi connectivity index (χ1) is 16.5. The fourth-order valence-corrected chi connectivity index (χ4v) is 4.28. The van der Waals surface area contributed by atoms with E-state index in [0.29, 0.717) is 33.8 Å². The van der Waals surface area contributed by atoms with Gasteiger partial charge >= 0.3 is 5.69 Å². The van der Waals surface area contributed by atoms with Crippen LogP contribution in [0.25, 0.3) is 33.6 Å². The van der Waals surface area contributed by atoms with Gasteiger partial charge in [-0.25, -0.2) is 23.3 Å². The van der Waals surface area contributed by atoms with E-state index in [1.54, 1.807) is 21.3 Å². The van der Waals surface area contributed by atoms with Gasteiger partial charge in [-0.3, -0.25) is 9.13 Å². The molecule has 0 fully saturated rings. The summed E-state index contributed by atoms with van der Waals surface area (Å²) in [5.41, 5.74) is 4.99. The fourth-order valence-electron chi connectivity index (χ4n) is 4.10. The summed E-state index contributed by atoms with van der Waals surface area (Å²) in [7, 11) is 0. The lowest BCUT2D eigenvalue weighted by atomic mass is 10.1. The Kier molecular flexibility index (Phi) is 4.56. The van der Waals surface area contributed by atoms with Gasteiger partial charge in [0.25, 0.3) is 0 Å². The van der Waals surface area contributed by atoms with Gasteiger partial charge in [0.2, 0.25) is 0 Å². The summed E-state index contributed by atoms with van der Waals surface area (Å²) >= 11 is 6.06. The molecule has 0 aliphatic heterocycles. The number of fused-ring (bicyclic) bond motifs is 2. The maximum atomic E-state index is 13.9. The highest BCUT2D eigenvalue weighted by molar-refractivity contribution is 6.30. The van der Waals surface area contributed by atoms with Crippen LogP contribution >= 0.6 is 11.6 Å². The molecule has 0 saturated heterocycles. The molecular formula is C23H15ClFN7O2. The molecule has 0 bridgehead atoms. The fraction of sp³-hybridized carbons (Fsp3) is 0.0870. The second-order valence-electron chi connectivity index (χ2n) is 7.80. The molecule has 11 heteroatoms. The third-order valence-electron chi connectivity index (χ3n) is 5.76. The van der Waals surface area contributed by atoms with Crippen molar-refractivity contribution in [3.63, 3.8) is 0 Å². The first-order valence-corrected chi connectivity index (χ1v) is 10.7. The van der Waals surface area contributed by atoms with Crippen LogP contribution in [-0.2, 0) is 6.54 Å². The van der Waals surface area contributed by atoms with Crippen LogP contribution < -0.4 is 5.69 Å². The van der Waals surface area contributed by atoms with Crippen LogP contribution in [0.1, 0.15) is 11.3 Å². The molecule has 0 saturated carbocycles. The van der Waals surface area contributed by atoms with Crippen LogP contribution in [0.4, 0.5) is 4.39 Å². The van der Waals surface area contributed by atoms with E-state index in [0.717, 1.165) is 11.1 Å². The van der Waals surface area contributed by atoms with Crippen LogP contribution in [0.5, 0.6) is 0 Å². The molecule has 0 atom stereocenters. The highest BCUT2D eigenvalue weighted by Gasteiger charge is 2.21. The van der Waals surface area contributed by atoms with Gasteiger partial charge in [-0.1, -0.05) is 17.7 Å². The Hall–Kier alpha value is -4.31. The summed E-state index contributed by atoms with van der Waals surface area (Å²) in [5.74, 6) is -0.560. The third-order valence-corrected chi connectivity index (χ3v) is 6.05. The average Bonchev–Trinajstić information content (AvgIpc) is 3.55. The van der Waals surface area contributed by atoms with Crippen molar-refractivity contribution in [2.75, 3.05) is 0 Å². The molecule has 34 heavy (non-hydrogen) atoms. The van der Waals surface area contributed by atoms with E-state index in [1.165, 1.54) is 29.1 Å². The Bertz CT molecular complexity index is 1760. The van der Waals surface area contributed by atoms with Crippen LogP contribution in [0.3, 0.4) is 0 Å². The van der Waals surface area contributed by atoms with Crippen molar-refractivity contribution in [1.82, 2.24) is 34.0 Å². The minimum absolute atomic E-state index is 0.0727. The molecule has 0 unspecified atom stereocenters. The van der Waals surface area contributed by atoms with Crippen molar-refractivity contribution in [2.45, 2.75) is 13.5 Å². The van der Waals surface area contributed by atoms with E-state index in [-0.39, 0.29) is 17.3 Å². The van der Waals surface area contributed by atoms with Crippen molar-refractivity contribution in [3.8, 4) is 16.9 Å². The molecule has 0 N–H and O–H groups in total. The van der Waals surface area contributed by atoms with Crippen LogP contribution in [0, 0.1) is 12.7 Å². The van der Waals surface area contributed by atoms with Crippen molar-refractivity contribution < 1.29 is 9.02 Å². The second kappa shape index (κ2) is 7.63. The number of benzene rings is 2. The topological polar surface area (TPSA) is 96.0 Å². The molecule has 0 radical (unpaired) electrons. The molecule has 6 aromatic rings. The maximum Gasteiger partial charge on any atom is 0.333 e. The predicted octanol–water partition coefficient (Wildman–Crippen LogP) is 4.03. The number of hydrogen-bond donors (Lipinski definition) is 0. The van der Waals surface area contributed by atoms with Gasteiger partial charge in [-0.2, -0.15) is 5.10 Å². The number of nitrogens with zero attached hydrogens (tertiary/aromatic N) is 7. The third kappa shape index (κ3) is 3.19. The molecule has 6 rings (SSSR count).